The highest BCUT2D eigenvalue weighted by Gasteiger charge is 2.10. The van der Waals surface area contributed by atoms with Gasteiger partial charge in [0.05, 0.1) is 0 Å². The molecule has 1 heterocycles. The second-order valence-corrected chi connectivity index (χ2v) is 6.79. The molecule has 1 fully saturated rings. The lowest BCUT2D eigenvalue weighted by Crippen LogP contribution is -2.30. The molecular weight excluding hydrogens is 334 g/mol. The quantitative estimate of drug-likeness (QED) is 0.815. The van der Waals surface area contributed by atoms with E-state index in [-0.39, 0.29) is 6.03 Å². The minimum atomic E-state index is -0.181. The fraction of sp³-hybridized carbons (Fsp3) is 0.350. The van der Waals surface area contributed by atoms with Crippen LogP contribution in [0.15, 0.2) is 48.5 Å². The smallest absolute Gasteiger partial charge is 0.319 e. The van der Waals surface area contributed by atoms with E-state index in [0.717, 1.165) is 35.8 Å². The van der Waals surface area contributed by atoms with Crippen LogP contribution in [0, 0.1) is 0 Å². The third-order valence-corrected chi connectivity index (χ3v) is 4.71. The van der Waals surface area contributed by atoms with Gasteiger partial charge < -0.3 is 15.5 Å². The summed E-state index contributed by atoms with van der Waals surface area (Å²) in [6.07, 6.45) is 4.62. The van der Waals surface area contributed by atoms with Crippen LogP contribution in [0.25, 0.3) is 0 Å². The van der Waals surface area contributed by atoms with Crippen molar-refractivity contribution in [3.05, 3.63) is 59.1 Å². The van der Waals surface area contributed by atoms with E-state index in [2.05, 4.69) is 27.7 Å². The molecule has 2 amide bonds. The molecule has 0 aliphatic carbocycles. The number of rotatable bonds is 5. The predicted octanol–water partition coefficient (Wildman–Crippen LogP) is 4.69. The first-order valence-electron chi connectivity index (χ1n) is 8.85. The van der Waals surface area contributed by atoms with E-state index in [1.54, 1.807) is 0 Å². The van der Waals surface area contributed by atoms with Crippen molar-refractivity contribution in [2.24, 2.45) is 0 Å². The lowest BCUT2D eigenvalue weighted by atomic mass is 10.1. The van der Waals surface area contributed by atoms with Crippen molar-refractivity contribution in [3.8, 4) is 0 Å². The first-order chi connectivity index (χ1) is 12.2. The standard InChI is InChI=1S/C20H24ClN3O/c21-17-6-4-16(5-7-17)12-13-22-20(25)23-18-8-10-19(11-9-18)24-14-2-1-3-15-24/h4-11H,1-3,12-15H2,(H2,22,23,25). The van der Waals surface area contributed by atoms with Crippen LogP contribution in [0.4, 0.5) is 16.2 Å². The number of urea groups is 1. The van der Waals surface area contributed by atoms with E-state index < -0.39 is 0 Å². The Labute approximate surface area is 154 Å². The Kier molecular flexibility index (Phi) is 6.18. The largest absolute Gasteiger partial charge is 0.372 e. The molecule has 0 unspecified atom stereocenters. The van der Waals surface area contributed by atoms with Crippen molar-refractivity contribution < 1.29 is 4.79 Å². The number of carbonyl (C=O) groups excluding carboxylic acids is 1. The van der Waals surface area contributed by atoms with Gasteiger partial charge in [0.1, 0.15) is 0 Å². The van der Waals surface area contributed by atoms with E-state index in [1.807, 2.05) is 36.4 Å². The van der Waals surface area contributed by atoms with Gasteiger partial charge in [-0.25, -0.2) is 4.79 Å². The molecule has 3 rings (SSSR count). The normalized spacial score (nSPS) is 14.2. The third-order valence-electron chi connectivity index (χ3n) is 4.46. The fourth-order valence-electron chi connectivity index (χ4n) is 3.05. The highest BCUT2D eigenvalue weighted by Crippen LogP contribution is 2.21. The monoisotopic (exact) mass is 357 g/mol. The molecule has 1 aliphatic rings. The van der Waals surface area contributed by atoms with E-state index in [0.29, 0.717) is 6.54 Å². The van der Waals surface area contributed by atoms with Gasteiger partial charge in [-0.2, -0.15) is 0 Å². The molecule has 0 bridgehead atoms. The van der Waals surface area contributed by atoms with Crippen LogP contribution >= 0.6 is 11.6 Å². The average Bonchev–Trinajstić information content (AvgIpc) is 2.65. The van der Waals surface area contributed by atoms with Gasteiger partial charge in [0.25, 0.3) is 0 Å². The third kappa shape index (κ3) is 5.40. The molecule has 132 valence electrons. The molecule has 5 heteroatoms. The predicted molar refractivity (Wildman–Crippen MR) is 105 cm³/mol. The molecular formula is C20H24ClN3O. The molecule has 1 saturated heterocycles. The highest BCUT2D eigenvalue weighted by molar-refractivity contribution is 6.30. The summed E-state index contributed by atoms with van der Waals surface area (Å²) >= 11 is 5.86. The Morgan fingerprint density at radius 1 is 0.960 bits per heavy atom. The molecule has 2 aromatic rings. The molecule has 0 aromatic heterocycles. The Bertz CT molecular complexity index is 679. The first kappa shape index (κ1) is 17.6. The molecule has 2 N–H and O–H groups in total. The number of hydrogen-bond acceptors (Lipinski definition) is 2. The number of nitrogens with zero attached hydrogens (tertiary/aromatic N) is 1. The number of anilines is 2. The second kappa shape index (κ2) is 8.77. The van der Waals surface area contributed by atoms with Crippen LogP contribution in [0.1, 0.15) is 24.8 Å². The van der Waals surface area contributed by atoms with Gasteiger partial charge in [-0.05, 0) is 67.6 Å². The fourth-order valence-corrected chi connectivity index (χ4v) is 3.18. The Morgan fingerprint density at radius 3 is 2.32 bits per heavy atom. The van der Waals surface area contributed by atoms with E-state index in [1.165, 1.54) is 24.9 Å². The van der Waals surface area contributed by atoms with Crippen molar-refractivity contribution in [2.75, 3.05) is 29.9 Å². The van der Waals surface area contributed by atoms with Crippen molar-refractivity contribution in [2.45, 2.75) is 25.7 Å². The molecule has 4 nitrogen and oxygen atoms in total. The Morgan fingerprint density at radius 2 is 1.64 bits per heavy atom. The molecule has 1 aliphatic heterocycles. The summed E-state index contributed by atoms with van der Waals surface area (Å²) in [5.41, 5.74) is 3.19. The zero-order chi connectivity index (χ0) is 17.5. The van der Waals surface area contributed by atoms with Crippen LogP contribution < -0.4 is 15.5 Å². The van der Waals surface area contributed by atoms with Crippen molar-refractivity contribution in [1.29, 1.82) is 0 Å². The maximum Gasteiger partial charge on any atom is 0.319 e. The molecule has 25 heavy (non-hydrogen) atoms. The number of benzene rings is 2. The SMILES string of the molecule is O=C(NCCc1ccc(Cl)cc1)Nc1ccc(N2CCCCC2)cc1. The summed E-state index contributed by atoms with van der Waals surface area (Å²) < 4.78 is 0. The van der Waals surface area contributed by atoms with Crippen LogP contribution in [0.3, 0.4) is 0 Å². The summed E-state index contributed by atoms with van der Waals surface area (Å²) in [7, 11) is 0. The van der Waals surface area contributed by atoms with Gasteiger partial charge in [-0.15, -0.1) is 0 Å². The van der Waals surface area contributed by atoms with E-state index in [9.17, 15) is 4.79 Å². The molecule has 2 aromatic carbocycles. The first-order valence-corrected chi connectivity index (χ1v) is 9.23. The molecule has 0 spiro atoms. The number of piperidine rings is 1. The summed E-state index contributed by atoms with van der Waals surface area (Å²) in [6.45, 7) is 2.83. The summed E-state index contributed by atoms with van der Waals surface area (Å²) in [5, 5.41) is 6.48. The van der Waals surface area contributed by atoms with E-state index >= 15 is 0 Å². The Hall–Kier alpha value is -2.20. The molecule has 0 atom stereocenters. The summed E-state index contributed by atoms with van der Waals surface area (Å²) in [6, 6.07) is 15.6. The van der Waals surface area contributed by atoms with Crippen molar-refractivity contribution in [1.82, 2.24) is 5.32 Å². The number of carbonyl (C=O) groups is 1. The van der Waals surface area contributed by atoms with Gasteiger partial charge in [-0.3, -0.25) is 0 Å². The lowest BCUT2D eigenvalue weighted by molar-refractivity contribution is 0.252. The second-order valence-electron chi connectivity index (χ2n) is 6.35. The van der Waals surface area contributed by atoms with Crippen LogP contribution in [-0.4, -0.2) is 25.7 Å². The minimum absolute atomic E-state index is 0.181. The van der Waals surface area contributed by atoms with Gasteiger partial charge in [0, 0.05) is 36.0 Å². The number of hydrogen-bond donors (Lipinski definition) is 2. The van der Waals surface area contributed by atoms with Gasteiger partial charge in [0.2, 0.25) is 0 Å². The van der Waals surface area contributed by atoms with Gasteiger partial charge in [-0.1, -0.05) is 23.7 Å². The zero-order valence-electron chi connectivity index (χ0n) is 14.3. The van der Waals surface area contributed by atoms with Crippen LogP contribution in [-0.2, 0) is 6.42 Å². The van der Waals surface area contributed by atoms with Crippen LogP contribution in [0.2, 0.25) is 5.02 Å². The summed E-state index contributed by atoms with van der Waals surface area (Å²) in [5.74, 6) is 0. The Balaban J connectivity index is 1.43. The lowest BCUT2D eigenvalue weighted by Gasteiger charge is -2.28. The van der Waals surface area contributed by atoms with Crippen molar-refractivity contribution in [3.63, 3.8) is 0 Å². The highest BCUT2D eigenvalue weighted by atomic mass is 35.5. The van der Waals surface area contributed by atoms with Gasteiger partial charge in [0.15, 0.2) is 0 Å². The zero-order valence-corrected chi connectivity index (χ0v) is 15.1. The average molecular weight is 358 g/mol. The minimum Gasteiger partial charge on any atom is -0.372 e. The van der Waals surface area contributed by atoms with Crippen molar-refractivity contribution >= 4 is 29.0 Å². The molecule has 0 radical (unpaired) electrons. The number of amides is 2. The topological polar surface area (TPSA) is 44.4 Å². The van der Waals surface area contributed by atoms with Crippen LogP contribution in [0.5, 0.6) is 0 Å². The molecule has 0 saturated carbocycles. The summed E-state index contributed by atoms with van der Waals surface area (Å²) in [4.78, 5) is 14.4. The maximum absolute atomic E-state index is 12.0. The maximum atomic E-state index is 12.0. The van der Waals surface area contributed by atoms with E-state index in [4.69, 9.17) is 11.6 Å². The number of nitrogens with one attached hydrogen (secondary N) is 2. The number of halogens is 1. The van der Waals surface area contributed by atoms with Gasteiger partial charge >= 0.3 is 6.03 Å².